The van der Waals surface area contributed by atoms with Gasteiger partial charge >= 0.3 is 39.5 Å². The van der Waals surface area contributed by atoms with Crippen molar-refractivity contribution < 1.29 is 80.2 Å². The second-order valence-electron chi connectivity index (χ2n) is 28.3. The minimum Gasteiger partial charge on any atom is -0.462 e. The first-order chi connectivity index (χ1) is 46.3. The van der Waals surface area contributed by atoms with Crippen molar-refractivity contribution in [3.63, 3.8) is 0 Å². The summed E-state index contributed by atoms with van der Waals surface area (Å²) in [6, 6.07) is 0. The summed E-state index contributed by atoms with van der Waals surface area (Å²) in [5.41, 5.74) is 0. The van der Waals surface area contributed by atoms with Crippen LogP contribution in [0.15, 0.2) is 24.3 Å². The number of unbranched alkanes of at least 4 members (excludes halogenated alkanes) is 37. The predicted octanol–water partition coefficient (Wildman–Crippen LogP) is 22.1. The van der Waals surface area contributed by atoms with Gasteiger partial charge in [0.15, 0.2) is 12.2 Å². The Morgan fingerprint density at radius 2 is 0.615 bits per heavy atom. The molecule has 0 rings (SSSR count). The first-order valence-electron chi connectivity index (χ1n) is 39.2. The summed E-state index contributed by atoms with van der Waals surface area (Å²) < 4.78 is 68.5. The summed E-state index contributed by atoms with van der Waals surface area (Å²) in [6.45, 7) is 11.8. The average molecular weight is 1410 g/mol. The van der Waals surface area contributed by atoms with Crippen molar-refractivity contribution in [3.8, 4) is 0 Å². The molecule has 0 bridgehead atoms. The molecule has 0 saturated heterocycles. The number of hydrogen-bond acceptors (Lipinski definition) is 15. The summed E-state index contributed by atoms with van der Waals surface area (Å²) >= 11 is 0. The van der Waals surface area contributed by atoms with E-state index in [9.17, 15) is 43.2 Å². The molecular formula is C77H146O17P2. The zero-order chi connectivity index (χ0) is 70.9. The lowest BCUT2D eigenvalue weighted by Crippen LogP contribution is -2.30. The van der Waals surface area contributed by atoms with Gasteiger partial charge in [0.1, 0.15) is 19.3 Å². The molecule has 3 N–H and O–H groups in total. The van der Waals surface area contributed by atoms with Gasteiger partial charge in [0.25, 0.3) is 0 Å². The lowest BCUT2D eigenvalue weighted by molar-refractivity contribution is -0.161. The Morgan fingerprint density at radius 1 is 0.344 bits per heavy atom. The number of esters is 4. The molecule has 0 aliphatic carbocycles. The molecule has 0 amide bonds. The van der Waals surface area contributed by atoms with Crippen LogP contribution in [0.3, 0.4) is 0 Å². The van der Waals surface area contributed by atoms with Gasteiger partial charge in [0.05, 0.1) is 26.4 Å². The third-order valence-corrected chi connectivity index (χ3v) is 19.5. The SMILES string of the molecule is CCCCCC/C=C\C=C/CCCCCCCC(=O)OC[C@H](COP(=O)(O)OC[C@@H](O)COP(=O)(O)OC[C@@H](COC(=O)CCCCCCCCC(C)C)OC(=O)CCCCCCCCCCCCCCCCC(C)CC)OC(=O)CCCCCCCCCCCCCC(C)C. The number of carbonyl (C=O) groups is 4. The molecule has 96 heavy (non-hydrogen) atoms. The Balaban J connectivity index is 5.26. The van der Waals surface area contributed by atoms with E-state index < -0.39 is 97.5 Å². The number of aliphatic hydroxyl groups is 1. The number of hydrogen-bond donors (Lipinski definition) is 3. The highest BCUT2D eigenvalue weighted by Crippen LogP contribution is 2.45. The maximum Gasteiger partial charge on any atom is 0.472 e. The summed E-state index contributed by atoms with van der Waals surface area (Å²) in [5, 5.41) is 10.6. The van der Waals surface area contributed by atoms with Gasteiger partial charge in [-0.3, -0.25) is 37.3 Å². The molecule has 566 valence electrons. The van der Waals surface area contributed by atoms with E-state index >= 15 is 0 Å². The van der Waals surface area contributed by atoms with Crippen LogP contribution in [0.25, 0.3) is 0 Å². The van der Waals surface area contributed by atoms with Crippen LogP contribution in [-0.2, 0) is 65.4 Å². The highest BCUT2D eigenvalue weighted by molar-refractivity contribution is 7.47. The maximum atomic E-state index is 13.1. The molecule has 0 aromatic carbocycles. The molecule has 0 aliphatic rings. The molecule has 0 spiro atoms. The fourth-order valence-electron chi connectivity index (χ4n) is 11.2. The van der Waals surface area contributed by atoms with E-state index in [-0.39, 0.29) is 25.7 Å². The van der Waals surface area contributed by atoms with Crippen LogP contribution >= 0.6 is 15.6 Å². The molecule has 0 aromatic heterocycles. The zero-order valence-electron chi connectivity index (χ0n) is 62.3. The molecule has 3 unspecified atom stereocenters. The van der Waals surface area contributed by atoms with E-state index in [1.807, 2.05) is 0 Å². The van der Waals surface area contributed by atoms with Crippen LogP contribution in [0.5, 0.6) is 0 Å². The van der Waals surface area contributed by atoms with Gasteiger partial charge in [0, 0.05) is 25.7 Å². The van der Waals surface area contributed by atoms with E-state index in [2.05, 4.69) is 72.8 Å². The van der Waals surface area contributed by atoms with Gasteiger partial charge in [-0.05, 0) is 69.1 Å². The fourth-order valence-corrected chi connectivity index (χ4v) is 12.8. The number of carbonyl (C=O) groups excluding carboxylic acids is 4. The van der Waals surface area contributed by atoms with Crippen LogP contribution in [0, 0.1) is 17.8 Å². The third-order valence-electron chi connectivity index (χ3n) is 17.6. The largest absolute Gasteiger partial charge is 0.472 e. The first-order valence-corrected chi connectivity index (χ1v) is 42.2. The summed E-state index contributed by atoms with van der Waals surface area (Å²) in [5.74, 6) is 0.136. The average Bonchev–Trinajstić information content (AvgIpc) is 1.51. The normalized spacial score (nSPS) is 14.5. The lowest BCUT2D eigenvalue weighted by Gasteiger charge is -2.21. The van der Waals surface area contributed by atoms with Crippen LogP contribution in [0.4, 0.5) is 0 Å². The number of ether oxygens (including phenoxy) is 4. The molecule has 17 nitrogen and oxygen atoms in total. The Bertz CT molecular complexity index is 1970. The van der Waals surface area contributed by atoms with Gasteiger partial charge < -0.3 is 33.8 Å². The second-order valence-corrected chi connectivity index (χ2v) is 31.2. The summed E-state index contributed by atoms with van der Waals surface area (Å²) in [7, 11) is -9.92. The first kappa shape index (κ1) is 93.5. The van der Waals surface area contributed by atoms with Crippen LogP contribution < -0.4 is 0 Å². The van der Waals surface area contributed by atoms with E-state index in [1.165, 1.54) is 154 Å². The van der Waals surface area contributed by atoms with Crippen molar-refractivity contribution in [1.82, 2.24) is 0 Å². The maximum absolute atomic E-state index is 13.1. The van der Waals surface area contributed by atoms with Crippen molar-refractivity contribution in [2.24, 2.45) is 17.8 Å². The standard InChI is InChI=1S/C77H146O17P2/c1-8-10-11-12-13-14-15-16-17-21-26-31-36-44-51-58-74(79)87-64-72(93-77(82)61-54-47-38-33-28-23-24-29-34-41-48-55-68(3)4)66-91-95(83,84)89-62-71(78)63-90-96(85,86)92-67-73(65-88-75(80)59-52-45-40-39-42-49-56-69(5)6)94-76(81)60-53-46-37-32-27-22-19-18-20-25-30-35-43-50-57-70(7)9-2/h14-17,68-73,78H,8-13,18-67H2,1-7H3,(H,83,84)(H,85,86)/b15-14-,17-16-/t70?,71-,72-,73-/m1/s1. The van der Waals surface area contributed by atoms with Gasteiger partial charge in [-0.15, -0.1) is 0 Å². The highest BCUT2D eigenvalue weighted by atomic mass is 31.2. The van der Waals surface area contributed by atoms with Crippen molar-refractivity contribution >= 4 is 39.5 Å². The van der Waals surface area contributed by atoms with Crippen LogP contribution in [-0.4, -0.2) is 96.7 Å². The highest BCUT2D eigenvalue weighted by Gasteiger charge is 2.30. The van der Waals surface area contributed by atoms with E-state index in [0.717, 1.165) is 127 Å². The quantitative estimate of drug-likeness (QED) is 0.0169. The molecular weight excluding hydrogens is 1260 g/mol. The summed E-state index contributed by atoms with van der Waals surface area (Å²) in [4.78, 5) is 72.8. The van der Waals surface area contributed by atoms with E-state index in [4.69, 9.17) is 37.0 Å². The van der Waals surface area contributed by atoms with Gasteiger partial charge in [-0.25, -0.2) is 9.13 Å². The molecule has 0 heterocycles. The number of phosphoric ester groups is 2. The van der Waals surface area contributed by atoms with Gasteiger partial charge in [-0.2, -0.15) is 0 Å². The van der Waals surface area contributed by atoms with Crippen molar-refractivity contribution in [1.29, 1.82) is 0 Å². The summed E-state index contributed by atoms with van der Waals surface area (Å²) in [6.07, 6.45) is 56.4. The minimum absolute atomic E-state index is 0.0992. The smallest absolute Gasteiger partial charge is 0.462 e. The number of allylic oxidation sites excluding steroid dienone is 4. The Morgan fingerprint density at radius 3 is 0.927 bits per heavy atom. The lowest BCUT2D eigenvalue weighted by atomic mass is 9.99. The second kappa shape index (κ2) is 67.1. The monoisotopic (exact) mass is 1410 g/mol. The Hall–Kier alpha value is -2.46. The molecule has 0 aromatic rings. The number of phosphoric acid groups is 2. The fraction of sp³-hybridized carbons (Fsp3) is 0.896. The minimum atomic E-state index is -4.96. The molecule has 0 aliphatic heterocycles. The molecule has 0 radical (unpaired) electrons. The molecule has 19 heteroatoms. The predicted molar refractivity (Wildman–Crippen MR) is 390 cm³/mol. The van der Waals surface area contributed by atoms with Crippen LogP contribution in [0.2, 0.25) is 0 Å². The zero-order valence-corrected chi connectivity index (χ0v) is 64.1. The van der Waals surface area contributed by atoms with E-state index in [1.54, 1.807) is 0 Å². The van der Waals surface area contributed by atoms with Crippen molar-refractivity contribution in [3.05, 3.63) is 24.3 Å². The Kier molecular flexibility index (Phi) is 65.3. The molecule has 0 saturated carbocycles. The van der Waals surface area contributed by atoms with Crippen molar-refractivity contribution in [2.45, 2.75) is 388 Å². The molecule has 0 fully saturated rings. The number of aliphatic hydroxyl groups excluding tert-OH is 1. The third kappa shape index (κ3) is 68.7. The Labute approximate surface area is 586 Å². The van der Waals surface area contributed by atoms with Gasteiger partial charge in [-0.1, -0.05) is 317 Å². The van der Waals surface area contributed by atoms with E-state index in [0.29, 0.717) is 31.6 Å². The molecule has 6 atom stereocenters. The van der Waals surface area contributed by atoms with Crippen molar-refractivity contribution in [2.75, 3.05) is 39.6 Å². The number of rotatable bonds is 73. The van der Waals surface area contributed by atoms with Gasteiger partial charge in [0.2, 0.25) is 0 Å². The topological polar surface area (TPSA) is 237 Å². The van der Waals surface area contributed by atoms with Crippen LogP contribution in [0.1, 0.15) is 370 Å².